The fourth-order valence-corrected chi connectivity index (χ4v) is 6.65. The van der Waals surface area contributed by atoms with Crippen LogP contribution in [-0.4, -0.2) is 19.5 Å². The van der Waals surface area contributed by atoms with Crippen molar-refractivity contribution in [2.24, 2.45) is 0 Å². The van der Waals surface area contributed by atoms with Gasteiger partial charge in [0.1, 0.15) is 0 Å². The Labute approximate surface area is 308 Å². The predicted octanol–water partition coefficient (Wildman–Crippen LogP) is 11.4. The van der Waals surface area contributed by atoms with E-state index in [0.29, 0.717) is 55.8 Å². The van der Waals surface area contributed by atoms with Gasteiger partial charge in [0.25, 0.3) is 0 Å². The van der Waals surface area contributed by atoms with Crippen molar-refractivity contribution in [3.63, 3.8) is 0 Å². The van der Waals surface area contributed by atoms with E-state index in [2.05, 4.69) is 17.1 Å². The number of alkyl halides is 6. The third-order valence-electron chi connectivity index (χ3n) is 9.17. The topological polar surface area (TPSA) is 91.2 Å². The summed E-state index contributed by atoms with van der Waals surface area (Å²) < 4.78 is 88.0. The van der Waals surface area contributed by atoms with Crippen LogP contribution in [0.2, 0.25) is 0 Å². The molecule has 0 spiro atoms. The fourth-order valence-electron chi connectivity index (χ4n) is 6.65. The van der Waals surface area contributed by atoms with Crippen LogP contribution in [0.25, 0.3) is 72.8 Å². The Bertz CT molecular complexity index is 2740. The molecule has 0 N–H and O–H groups in total. The molecule has 0 unspecified atom stereocenters. The van der Waals surface area contributed by atoms with Gasteiger partial charge in [-0.05, 0) is 77.9 Å². The van der Waals surface area contributed by atoms with Crippen LogP contribution in [0.15, 0.2) is 133 Å². The van der Waals surface area contributed by atoms with Crippen molar-refractivity contribution in [2.45, 2.75) is 12.4 Å². The summed E-state index contributed by atoms with van der Waals surface area (Å²) in [6, 6.07) is 38.1. The van der Waals surface area contributed by atoms with Gasteiger partial charge in [-0.2, -0.15) is 36.9 Å². The Hall–Kier alpha value is -7.31. The number of benzene rings is 6. The second-order valence-electron chi connectivity index (χ2n) is 12.5. The normalized spacial score (nSPS) is 11.8. The molecule has 0 bridgehead atoms. The number of hydrogen-bond donors (Lipinski definition) is 0. The first-order chi connectivity index (χ1) is 26.4. The van der Waals surface area contributed by atoms with Crippen LogP contribution in [0.4, 0.5) is 26.3 Å². The van der Waals surface area contributed by atoms with Crippen molar-refractivity contribution in [2.75, 3.05) is 0 Å². The van der Waals surface area contributed by atoms with Crippen LogP contribution in [0, 0.1) is 22.7 Å². The number of nitrogens with zero attached hydrogens (tertiary/aromatic N) is 6. The first-order valence-electron chi connectivity index (χ1n) is 16.6. The highest BCUT2D eigenvalue weighted by Gasteiger charge is 2.39. The number of fused-ring (bicyclic) bond motifs is 3. The molecular weight excluding hydrogens is 715 g/mol. The van der Waals surface area contributed by atoms with Crippen LogP contribution < -0.4 is 0 Å². The van der Waals surface area contributed by atoms with Crippen LogP contribution in [0.1, 0.15) is 22.3 Å². The van der Waals surface area contributed by atoms with E-state index in [0.717, 1.165) is 6.07 Å². The molecular formula is C43H22F6N6. The molecule has 8 rings (SSSR count). The van der Waals surface area contributed by atoms with E-state index in [1.807, 2.05) is 0 Å². The van der Waals surface area contributed by atoms with E-state index in [9.17, 15) is 36.9 Å². The van der Waals surface area contributed by atoms with Crippen LogP contribution in [0.5, 0.6) is 0 Å². The minimum Gasteiger partial charge on any atom is -0.309 e. The molecule has 0 aliphatic rings. The van der Waals surface area contributed by atoms with Crippen molar-refractivity contribution in [1.29, 1.82) is 10.5 Å². The van der Waals surface area contributed by atoms with Crippen molar-refractivity contribution in [3.8, 4) is 63.1 Å². The summed E-state index contributed by atoms with van der Waals surface area (Å²) >= 11 is 0. The maximum atomic E-state index is 14.9. The summed E-state index contributed by atoms with van der Waals surface area (Å²) in [5.74, 6) is 0.445. The standard InChI is InChI=1S/C43H22F6N6/c44-42(45,46)29-13-15-31(36(21-29)43(47,48)49)33-22-30(55-37-17-11-25(23-50)19-34(37)35-20-26(24-51)12-18-38(35)55)14-16-32(33)41-53-39(27-7-3-1-4-8-27)52-40(54-41)28-9-5-2-6-10-28/h1-22H. The van der Waals surface area contributed by atoms with E-state index in [4.69, 9.17) is 9.97 Å². The minimum absolute atomic E-state index is 0.0122. The average molecular weight is 737 g/mol. The highest BCUT2D eigenvalue weighted by molar-refractivity contribution is 6.10. The number of rotatable bonds is 5. The molecule has 0 saturated heterocycles. The maximum Gasteiger partial charge on any atom is 0.417 e. The van der Waals surface area contributed by atoms with Crippen molar-refractivity contribution in [1.82, 2.24) is 19.5 Å². The van der Waals surface area contributed by atoms with Gasteiger partial charge in [0.15, 0.2) is 17.5 Å². The lowest BCUT2D eigenvalue weighted by Gasteiger charge is -2.20. The summed E-state index contributed by atoms with van der Waals surface area (Å²) in [6.07, 6.45) is -10.2. The van der Waals surface area contributed by atoms with Crippen LogP contribution in [0.3, 0.4) is 0 Å². The molecule has 0 fully saturated rings. The van der Waals surface area contributed by atoms with Gasteiger partial charge in [0, 0.05) is 33.2 Å². The molecule has 6 nitrogen and oxygen atoms in total. The first kappa shape index (κ1) is 34.8. The minimum atomic E-state index is -5.19. The molecule has 266 valence electrons. The van der Waals surface area contributed by atoms with Gasteiger partial charge in [-0.3, -0.25) is 0 Å². The second kappa shape index (κ2) is 13.3. The Morgan fingerprint density at radius 3 is 1.47 bits per heavy atom. The van der Waals surface area contributed by atoms with Gasteiger partial charge in [-0.1, -0.05) is 66.7 Å². The first-order valence-corrected chi connectivity index (χ1v) is 16.6. The van der Waals surface area contributed by atoms with E-state index in [1.54, 1.807) is 108 Å². The zero-order chi connectivity index (χ0) is 38.5. The van der Waals surface area contributed by atoms with Crippen LogP contribution >= 0.6 is 0 Å². The third kappa shape index (κ3) is 6.40. The van der Waals surface area contributed by atoms with E-state index >= 15 is 0 Å². The summed E-state index contributed by atoms with van der Waals surface area (Å²) in [7, 11) is 0. The lowest BCUT2D eigenvalue weighted by atomic mass is 9.92. The predicted molar refractivity (Wildman–Crippen MR) is 195 cm³/mol. The number of halogens is 6. The lowest BCUT2D eigenvalue weighted by Crippen LogP contribution is -2.12. The molecule has 6 aromatic carbocycles. The number of nitriles is 2. The van der Waals surface area contributed by atoms with Gasteiger partial charge in [0.05, 0.1) is 45.4 Å². The van der Waals surface area contributed by atoms with Crippen molar-refractivity contribution < 1.29 is 26.3 Å². The fraction of sp³-hybridized carbons (Fsp3) is 0.0465. The number of aromatic nitrogens is 4. The monoisotopic (exact) mass is 736 g/mol. The molecule has 2 aromatic heterocycles. The summed E-state index contributed by atoms with van der Waals surface area (Å²) in [5, 5.41) is 20.5. The number of hydrogen-bond acceptors (Lipinski definition) is 5. The summed E-state index contributed by atoms with van der Waals surface area (Å²) in [5.41, 5.74) is -0.0778. The van der Waals surface area contributed by atoms with Crippen LogP contribution in [-0.2, 0) is 12.4 Å². The van der Waals surface area contributed by atoms with Gasteiger partial charge >= 0.3 is 12.4 Å². The maximum absolute atomic E-state index is 14.9. The smallest absolute Gasteiger partial charge is 0.309 e. The Balaban J connectivity index is 1.46. The van der Waals surface area contributed by atoms with E-state index < -0.39 is 29.0 Å². The van der Waals surface area contributed by atoms with Gasteiger partial charge < -0.3 is 4.57 Å². The summed E-state index contributed by atoms with van der Waals surface area (Å²) in [6.45, 7) is 0. The molecule has 12 heteroatoms. The zero-order valence-electron chi connectivity index (χ0n) is 28.2. The van der Waals surface area contributed by atoms with Crippen molar-refractivity contribution in [3.05, 3.63) is 156 Å². The average Bonchev–Trinajstić information content (AvgIpc) is 3.53. The molecule has 0 saturated carbocycles. The Morgan fingerprint density at radius 1 is 0.473 bits per heavy atom. The highest BCUT2D eigenvalue weighted by Crippen LogP contribution is 2.45. The van der Waals surface area contributed by atoms with E-state index in [-0.39, 0.29) is 34.7 Å². The highest BCUT2D eigenvalue weighted by atomic mass is 19.4. The zero-order valence-corrected chi connectivity index (χ0v) is 28.2. The lowest BCUT2D eigenvalue weighted by molar-refractivity contribution is -0.142. The van der Waals surface area contributed by atoms with Crippen molar-refractivity contribution >= 4 is 21.8 Å². The molecule has 55 heavy (non-hydrogen) atoms. The molecule has 0 aliphatic heterocycles. The molecule has 0 amide bonds. The van der Waals surface area contributed by atoms with E-state index in [1.165, 1.54) is 12.1 Å². The van der Waals surface area contributed by atoms with Gasteiger partial charge in [-0.25, -0.2) is 15.0 Å². The quantitative estimate of drug-likeness (QED) is 0.164. The summed E-state index contributed by atoms with van der Waals surface area (Å²) in [4.78, 5) is 14.1. The Kier molecular flexibility index (Phi) is 8.39. The third-order valence-corrected chi connectivity index (χ3v) is 9.17. The molecule has 0 atom stereocenters. The molecule has 0 aliphatic carbocycles. The largest absolute Gasteiger partial charge is 0.417 e. The van der Waals surface area contributed by atoms with Gasteiger partial charge in [-0.15, -0.1) is 0 Å². The van der Waals surface area contributed by atoms with Gasteiger partial charge in [0.2, 0.25) is 0 Å². The Morgan fingerprint density at radius 2 is 0.982 bits per heavy atom. The molecule has 8 aromatic rings. The SMILES string of the molecule is N#Cc1ccc2c(c1)c1cc(C#N)ccc1n2-c1ccc(-c2nc(-c3ccccc3)nc(-c3ccccc3)n2)c(-c2ccc(C(F)(F)F)cc2C(F)(F)F)c1. The molecule has 0 radical (unpaired) electrons. The second-order valence-corrected chi connectivity index (χ2v) is 12.5. The molecule has 2 heterocycles.